The molecule has 5 nitrogen and oxygen atoms in total. The van der Waals surface area contributed by atoms with Crippen LogP contribution in [-0.2, 0) is 17.8 Å². The molecule has 0 unspecified atom stereocenters. The van der Waals surface area contributed by atoms with Crippen LogP contribution in [0, 0.1) is 0 Å². The third kappa shape index (κ3) is 4.62. The number of amides is 1. The average molecular weight is 324 g/mol. The highest BCUT2D eigenvalue weighted by Gasteiger charge is 2.05. The first-order chi connectivity index (χ1) is 11.3. The van der Waals surface area contributed by atoms with Crippen molar-refractivity contribution in [3.63, 3.8) is 0 Å². The predicted molar refractivity (Wildman–Crippen MR) is 92.5 cm³/mol. The Morgan fingerprint density at radius 2 is 2.09 bits per heavy atom. The van der Waals surface area contributed by atoms with E-state index < -0.39 is 0 Å². The van der Waals surface area contributed by atoms with Gasteiger partial charge in [0.15, 0.2) is 0 Å². The minimum absolute atomic E-state index is 0.0592. The van der Waals surface area contributed by atoms with E-state index in [9.17, 15) is 4.79 Å². The van der Waals surface area contributed by atoms with Gasteiger partial charge in [-0.25, -0.2) is 4.98 Å². The van der Waals surface area contributed by atoms with Gasteiger partial charge in [0.05, 0.1) is 18.3 Å². The lowest BCUT2D eigenvalue weighted by atomic mass is 10.3. The first-order valence-corrected chi connectivity index (χ1v) is 8.08. The molecule has 0 atom stereocenters. The molecule has 1 amide bonds. The SMILES string of the molecule is O=C(Cc1cccs1)Nc1ccc(NCc2cccnc2)cn1. The number of thiophene rings is 1. The Balaban J connectivity index is 1.51. The molecule has 0 fully saturated rings. The zero-order valence-electron chi connectivity index (χ0n) is 12.4. The van der Waals surface area contributed by atoms with Gasteiger partial charge in [0.25, 0.3) is 0 Å². The van der Waals surface area contributed by atoms with E-state index >= 15 is 0 Å². The van der Waals surface area contributed by atoms with Gasteiger partial charge < -0.3 is 10.6 Å². The topological polar surface area (TPSA) is 66.9 Å². The van der Waals surface area contributed by atoms with Crippen molar-refractivity contribution in [2.75, 3.05) is 10.6 Å². The van der Waals surface area contributed by atoms with E-state index in [4.69, 9.17) is 0 Å². The summed E-state index contributed by atoms with van der Waals surface area (Å²) in [5, 5.41) is 8.03. The highest BCUT2D eigenvalue weighted by molar-refractivity contribution is 7.10. The molecule has 3 heterocycles. The molecular formula is C17H16N4OS. The third-order valence-electron chi connectivity index (χ3n) is 3.17. The maximum Gasteiger partial charge on any atom is 0.230 e. The second-order valence-corrected chi connectivity index (χ2v) is 5.98. The lowest BCUT2D eigenvalue weighted by Gasteiger charge is -2.07. The molecule has 0 aliphatic rings. The van der Waals surface area contributed by atoms with Crippen LogP contribution in [0.2, 0.25) is 0 Å². The minimum atomic E-state index is -0.0592. The molecule has 3 rings (SSSR count). The molecule has 2 N–H and O–H groups in total. The van der Waals surface area contributed by atoms with Gasteiger partial charge in [0.2, 0.25) is 5.91 Å². The summed E-state index contributed by atoms with van der Waals surface area (Å²) >= 11 is 1.57. The molecule has 23 heavy (non-hydrogen) atoms. The number of carbonyl (C=O) groups is 1. The van der Waals surface area contributed by atoms with Crippen molar-refractivity contribution in [3.05, 3.63) is 70.8 Å². The molecule has 0 aliphatic heterocycles. The Bertz CT molecular complexity index is 742. The molecule has 0 saturated heterocycles. The van der Waals surface area contributed by atoms with Gasteiger partial charge in [-0.2, -0.15) is 0 Å². The molecular weight excluding hydrogens is 308 g/mol. The molecule has 3 aromatic rings. The highest BCUT2D eigenvalue weighted by Crippen LogP contribution is 2.13. The first-order valence-electron chi connectivity index (χ1n) is 7.21. The van der Waals surface area contributed by atoms with Crippen molar-refractivity contribution in [2.45, 2.75) is 13.0 Å². The molecule has 0 aliphatic carbocycles. The Kier molecular flexibility index (Phi) is 4.95. The summed E-state index contributed by atoms with van der Waals surface area (Å²) < 4.78 is 0. The number of nitrogens with one attached hydrogen (secondary N) is 2. The second-order valence-electron chi connectivity index (χ2n) is 4.95. The number of rotatable bonds is 6. The van der Waals surface area contributed by atoms with Gasteiger partial charge in [-0.05, 0) is 35.2 Å². The fourth-order valence-electron chi connectivity index (χ4n) is 2.04. The van der Waals surface area contributed by atoms with Crippen molar-refractivity contribution in [2.24, 2.45) is 0 Å². The zero-order chi connectivity index (χ0) is 15.9. The van der Waals surface area contributed by atoms with Crippen LogP contribution in [0.15, 0.2) is 60.4 Å². The molecule has 0 bridgehead atoms. The quantitative estimate of drug-likeness (QED) is 0.730. The minimum Gasteiger partial charge on any atom is -0.380 e. The Morgan fingerprint density at radius 1 is 1.13 bits per heavy atom. The van der Waals surface area contributed by atoms with Crippen LogP contribution in [0.3, 0.4) is 0 Å². The smallest absolute Gasteiger partial charge is 0.230 e. The van der Waals surface area contributed by atoms with Crippen molar-refractivity contribution < 1.29 is 4.79 Å². The number of carbonyl (C=O) groups excluding carboxylic acids is 1. The van der Waals surface area contributed by atoms with E-state index in [-0.39, 0.29) is 5.91 Å². The van der Waals surface area contributed by atoms with Gasteiger partial charge in [0.1, 0.15) is 5.82 Å². The van der Waals surface area contributed by atoms with Crippen LogP contribution in [0.5, 0.6) is 0 Å². The summed E-state index contributed by atoms with van der Waals surface area (Å²) in [6.45, 7) is 0.680. The number of aromatic nitrogens is 2. The van der Waals surface area contributed by atoms with E-state index in [2.05, 4.69) is 20.6 Å². The fourth-order valence-corrected chi connectivity index (χ4v) is 2.74. The number of hydrogen-bond acceptors (Lipinski definition) is 5. The summed E-state index contributed by atoms with van der Waals surface area (Å²) in [7, 11) is 0. The predicted octanol–water partition coefficient (Wildman–Crippen LogP) is 3.33. The lowest BCUT2D eigenvalue weighted by molar-refractivity contribution is -0.115. The molecule has 3 aromatic heterocycles. The summed E-state index contributed by atoms with van der Waals surface area (Å²) in [4.78, 5) is 21.3. The summed E-state index contributed by atoms with van der Waals surface area (Å²) in [5.41, 5.74) is 1.99. The summed E-state index contributed by atoms with van der Waals surface area (Å²) in [6, 6.07) is 11.5. The standard InChI is InChI=1S/C17H16N4OS/c22-17(9-15-4-2-8-23-15)21-16-6-5-14(12-20-16)19-11-13-3-1-7-18-10-13/h1-8,10,12,19H,9,11H2,(H,20,21,22). The molecule has 0 radical (unpaired) electrons. The van der Waals surface area contributed by atoms with Crippen LogP contribution in [0.1, 0.15) is 10.4 Å². The maximum absolute atomic E-state index is 11.9. The molecule has 0 spiro atoms. The van der Waals surface area contributed by atoms with Crippen molar-refractivity contribution in [3.8, 4) is 0 Å². The van der Waals surface area contributed by atoms with Gasteiger partial charge in [0, 0.05) is 23.8 Å². The van der Waals surface area contributed by atoms with Crippen LogP contribution in [0.25, 0.3) is 0 Å². The number of nitrogens with zero attached hydrogens (tertiary/aromatic N) is 2. The van der Waals surface area contributed by atoms with Crippen LogP contribution >= 0.6 is 11.3 Å². The number of anilines is 2. The van der Waals surface area contributed by atoms with Crippen molar-refractivity contribution in [1.82, 2.24) is 9.97 Å². The Labute approximate surface area is 138 Å². The molecule has 116 valence electrons. The van der Waals surface area contributed by atoms with Crippen LogP contribution < -0.4 is 10.6 Å². The second kappa shape index (κ2) is 7.51. The van der Waals surface area contributed by atoms with E-state index in [1.54, 1.807) is 29.8 Å². The fraction of sp³-hybridized carbons (Fsp3) is 0.118. The van der Waals surface area contributed by atoms with E-state index in [0.717, 1.165) is 16.1 Å². The highest BCUT2D eigenvalue weighted by atomic mass is 32.1. The average Bonchev–Trinajstić information content (AvgIpc) is 3.08. The van der Waals surface area contributed by atoms with Crippen LogP contribution in [-0.4, -0.2) is 15.9 Å². The van der Waals surface area contributed by atoms with Gasteiger partial charge >= 0.3 is 0 Å². The third-order valence-corrected chi connectivity index (χ3v) is 4.04. The van der Waals surface area contributed by atoms with Gasteiger partial charge in [-0.1, -0.05) is 12.1 Å². The summed E-state index contributed by atoms with van der Waals surface area (Å²) in [5.74, 6) is 0.495. The van der Waals surface area contributed by atoms with Crippen molar-refractivity contribution >= 4 is 28.7 Å². The number of pyridine rings is 2. The monoisotopic (exact) mass is 324 g/mol. The summed E-state index contributed by atoms with van der Waals surface area (Å²) in [6.07, 6.45) is 5.65. The molecule has 6 heteroatoms. The number of hydrogen-bond donors (Lipinski definition) is 2. The largest absolute Gasteiger partial charge is 0.380 e. The van der Waals surface area contributed by atoms with Gasteiger partial charge in [-0.15, -0.1) is 11.3 Å². The maximum atomic E-state index is 11.9. The normalized spacial score (nSPS) is 10.3. The van der Waals surface area contributed by atoms with E-state index in [1.807, 2.05) is 41.9 Å². The van der Waals surface area contributed by atoms with Crippen LogP contribution in [0.4, 0.5) is 11.5 Å². The lowest BCUT2D eigenvalue weighted by Crippen LogP contribution is -2.14. The van der Waals surface area contributed by atoms with Crippen molar-refractivity contribution in [1.29, 1.82) is 0 Å². The molecule has 0 saturated carbocycles. The van der Waals surface area contributed by atoms with E-state index in [1.165, 1.54) is 0 Å². The molecule has 0 aromatic carbocycles. The van der Waals surface area contributed by atoms with Gasteiger partial charge in [-0.3, -0.25) is 9.78 Å². The Hall–Kier alpha value is -2.73. The zero-order valence-corrected chi connectivity index (χ0v) is 13.2. The Morgan fingerprint density at radius 3 is 2.78 bits per heavy atom. The first kappa shape index (κ1) is 15.2. The van der Waals surface area contributed by atoms with E-state index in [0.29, 0.717) is 18.8 Å².